The Morgan fingerprint density at radius 2 is 2.08 bits per heavy atom. The van der Waals surface area contributed by atoms with E-state index in [4.69, 9.17) is 9.84 Å². The first-order valence-corrected chi connectivity index (χ1v) is 8.92. The first-order chi connectivity index (χ1) is 12.0. The van der Waals surface area contributed by atoms with Crippen molar-refractivity contribution >= 4 is 29.3 Å². The maximum absolute atomic E-state index is 12.5. The van der Waals surface area contributed by atoms with E-state index in [1.807, 2.05) is 32.0 Å². The van der Waals surface area contributed by atoms with Crippen LogP contribution >= 0.6 is 11.8 Å². The van der Waals surface area contributed by atoms with Gasteiger partial charge in [-0.05, 0) is 43.7 Å². The Morgan fingerprint density at radius 3 is 2.80 bits per heavy atom. The van der Waals surface area contributed by atoms with Gasteiger partial charge in [0, 0.05) is 17.6 Å². The van der Waals surface area contributed by atoms with Crippen molar-refractivity contribution in [2.45, 2.75) is 25.7 Å². The molecule has 0 saturated carbocycles. The van der Waals surface area contributed by atoms with E-state index in [9.17, 15) is 9.59 Å². The summed E-state index contributed by atoms with van der Waals surface area (Å²) in [4.78, 5) is 27.2. The molecule has 0 aliphatic heterocycles. The highest BCUT2D eigenvalue weighted by molar-refractivity contribution is 7.99. The average molecular weight is 360 g/mol. The third kappa shape index (κ3) is 6.11. The van der Waals surface area contributed by atoms with E-state index >= 15 is 0 Å². The molecule has 1 aromatic carbocycles. The standard InChI is InChI=1S/C18H20N2O4S/c1-12(2)24-15-7-4-8-19-17(15)18(23)20-14-6-3-5-13(9-14)10-25-11-16(21)22/h3-9,12H,10-11H2,1-2H3,(H,20,23)(H,21,22). The van der Waals surface area contributed by atoms with E-state index in [2.05, 4.69) is 10.3 Å². The molecule has 2 rings (SSSR count). The molecular weight excluding hydrogens is 340 g/mol. The summed E-state index contributed by atoms with van der Waals surface area (Å²) in [6, 6.07) is 10.7. The number of carboxylic acids is 1. The molecule has 0 bridgehead atoms. The summed E-state index contributed by atoms with van der Waals surface area (Å²) in [7, 11) is 0. The van der Waals surface area contributed by atoms with Crippen LogP contribution in [-0.2, 0) is 10.5 Å². The zero-order valence-electron chi connectivity index (χ0n) is 14.1. The van der Waals surface area contributed by atoms with Gasteiger partial charge in [0.25, 0.3) is 5.91 Å². The second-order valence-corrected chi connectivity index (χ2v) is 6.54. The van der Waals surface area contributed by atoms with Gasteiger partial charge in [0.1, 0.15) is 0 Å². The number of carboxylic acid groups (broad SMARTS) is 1. The molecular formula is C18H20N2O4S. The molecule has 1 aromatic heterocycles. The number of aliphatic carboxylic acids is 1. The number of carbonyl (C=O) groups excluding carboxylic acids is 1. The van der Waals surface area contributed by atoms with Crippen LogP contribution in [-0.4, -0.2) is 33.8 Å². The van der Waals surface area contributed by atoms with Gasteiger partial charge < -0.3 is 15.2 Å². The van der Waals surface area contributed by atoms with Crippen LogP contribution in [0.25, 0.3) is 0 Å². The van der Waals surface area contributed by atoms with Crippen molar-refractivity contribution in [2.75, 3.05) is 11.1 Å². The minimum absolute atomic E-state index is 0.0421. The Hall–Kier alpha value is -2.54. The number of ether oxygens (including phenoxy) is 1. The molecule has 0 fully saturated rings. The number of amides is 1. The average Bonchev–Trinajstić information content (AvgIpc) is 2.54. The fraction of sp³-hybridized carbons (Fsp3) is 0.278. The monoisotopic (exact) mass is 360 g/mol. The van der Waals surface area contributed by atoms with Gasteiger partial charge in [0.05, 0.1) is 11.9 Å². The SMILES string of the molecule is CC(C)Oc1cccnc1C(=O)Nc1cccc(CSCC(=O)O)c1. The molecule has 0 aliphatic carbocycles. The Bertz CT molecular complexity index is 749. The number of anilines is 1. The Balaban J connectivity index is 2.07. The summed E-state index contributed by atoms with van der Waals surface area (Å²) in [6.45, 7) is 3.76. The van der Waals surface area contributed by atoms with E-state index in [0.29, 0.717) is 17.2 Å². The first kappa shape index (κ1) is 18.8. The number of hydrogen-bond donors (Lipinski definition) is 2. The van der Waals surface area contributed by atoms with E-state index in [0.717, 1.165) is 5.56 Å². The van der Waals surface area contributed by atoms with Gasteiger partial charge in [-0.25, -0.2) is 4.98 Å². The largest absolute Gasteiger partial charge is 0.489 e. The minimum Gasteiger partial charge on any atom is -0.489 e. The molecule has 0 saturated heterocycles. The summed E-state index contributed by atoms with van der Waals surface area (Å²) >= 11 is 1.30. The van der Waals surface area contributed by atoms with Crippen LogP contribution in [0.2, 0.25) is 0 Å². The number of pyridine rings is 1. The van der Waals surface area contributed by atoms with E-state index in [-0.39, 0.29) is 23.5 Å². The molecule has 0 spiro atoms. The molecule has 2 N–H and O–H groups in total. The van der Waals surface area contributed by atoms with Crippen LogP contribution in [0.1, 0.15) is 29.9 Å². The zero-order valence-corrected chi connectivity index (χ0v) is 14.9. The fourth-order valence-corrected chi connectivity index (χ4v) is 2.79. The summed E-state index contributed by atoms with van der Waals surface area (Å²) in [5.41, 5.74) is 1.78. The number of aromatic nitrogens is 1. The molecule has 0 atom stereocenters. The number of hydrogen-bond acceptors (Lipinski definition) is 5. The number of nitrogens with zero attached hydrogens (tertiary/aromatic N) is 1. The van der Waals surface area contributed by atoms with Gasteiger partial charge in [-0.1, -0.05) is 12.1 Å². The molecule has 1 amide bonds. The minimum atomic E-state index is -0.845. The van der Waals surface area contributed by atoms with Crippen molar-refractivity contribution in [3.8, 4) is 5.75 Å². The van der Waals surface area contributed by atoms with Gasteiger partial charge in [0.2, 0.25) is 0 Å². The predicted octanol–water partition coefficient (Wildman–Crippen LogP) is 3.44. The van der Waals surface area contributed by atoms with E-state index < -0.39 is 5.97 Å². The molecule has 132 valence electrons. The number of nitrogens with one attached hydrogen (secondary N) is 1. The third-order valence-electron chi connectivity index (χ3n) is 3.03. The topological polar surface area (TPSA) is 88.5 Å². The normalized spacial score (nSPS) is 10.5. The maximum Gasteiger partial charge on any atom is 0.313 e. The van der Waals surface area contributed by atoms with Crippen molar-refractivity contribution in [3.63, 3.8) is 0 Å². The molecule has 25 heavy (non-hydrogen) atoms. The zero-order chi connectivity index (χ0) is 18.2. The number of rotatable bonds is 8. The van der Waals surface area contributed by atoms with Crippen LogP contribution in [0, 0.1) is 0 Å². The highest BCUT2D eigenvalue weighted by atomic mass is 32.2. The van der Waals surface area contributed by atoms with Gasteiger partial charge in [-0.15, -0.1) is 11.8 Å². The van der Waals surface area contributed by atoms with Crippen molar-refractivity contribution in [1.29, 1.82) is 0 Å². The smallest absolute Gasteiger partial charge is 0.313 e. The third-order valence-corrected chi connectivity index (χ3v) is 4.02. The van der Waals surface area contributed by atoms with Crippen LogP contribution in [0.5, 0.6) is 5.75 Å². The van der Waals surface area contributed by atoms with Gasteiger partial charge in [-0.3, -0.25) is 9.59 Å². The number of thioether (sulfide) groups is 1. The van der Waals surface area contributed by atoms with Crippen LogP contribution in [0.15, 0.2) is 42.6 Å². The number of benzene rings is 1. The summed E-state index contributed by atoms with van der Waals surface area (Å²) in [5, 5.41) is 11.5. The summed E-state index contributed by atoms with van der Waals surface area (Å²) in [5.74, 6) is -0.168. The predicted molar refractivity (Wildman–Crippen MR) is 98.2 cm³/mol. The molecule has 0 radical (unpaired) electrons. The van der Waals surface area contributed by atoms with Gasteiger partial charge >= 0.3 is 5.97 Å². The number of carbonyl (C=O) groups is 2. The maximum atomic E-state index is 12.5. The highest BCUT2D eigenvalue weighted by Gasteiger charge is 2.15. The Kier molecular flexibility index (Phi) is 6.82. The second kappa shape index (κ2) is 9.08. The molecule has 2 aromatic rings. The van der Waals surface area contributed by atoms with Gasteiger partial charge in [-0.2, -0.15) is 0 Å². The molecule has 7 heteroatoms. The van der Waals surface area contributed by atoms with Crippen LogP contribution in [0.4, 0.5) is 5.69 Å². The summed E-state index contributed by atoms with van der Waals surface area (Å²) < 4.78 is 5.62. The van der Waals surface area contributed by atoms with Crippen molar-refractivity contribution in [3.05, 3.63) is 53.9 Å². The first-order valence-electron chi connectivity index (χ1n) is 7.77. The quantitative estimate of drug-likeness (QED) is 0.750. The lowest BCUT2D eigenvalue weighted by molar-refractivity contribution is -0.133. The second-order valence-electron chi connectivity index (χ2n) is 5.56. The van der Waals surface area contributed by atoms with Crippen molar-refractivity contribution in [2.24, 2.45) is 0 Å². The lowest BCUT2D eigenvalue weighted by atomic mass is 10.2. The Labute approximate surface area is 150 Å². The molecule has 6 nitrogen and oxygen atoms in total. The molecule has 1 heterocycles. The lowest BCUT2D eigenvalue weighted by Crippen LogP contribution is -2.17. The summed E-state index contributed by atoms with van der Waals surface area (Å²) in [6.07, 6.45) is 1.48. The Morgan fingerprint density at radius 1 is 1.28 bits per heavy atom. The lowest BCUT2D eigenvalue weighted by Gasteiger charge is -2.13. The van der Waals surface area contributed by atoms with E-state index in [1.165, 1.54) is 11.8 Å². The van der Waals surface area contributed by atoms with Crippen LogP contribution < -0.4 is 10.1 Å². The molecule has 0 unspecified atom stereocenters. The van der Waals surface area contributed by atoms with Crippen LogP contribution in [0.3, 0.4) is 0 Å². The fourth-order valence-electron chi connectivity index (χ4n) is 2.10. The van der Waals surface area contributed by atoms with E-state index in [1.54, 1.807) is 24.4 Å². The van der Waals surface area contributed by atoms with Crippen molar-refractivity contribution in [1.82, 2.24) is 4.98 Å². The molecule has 0 aliphatic rings. The van der Waals surface area contributed by atoms with Crippen molar-refractivity contribution < 1.29 is 19.4 Å². The van der Waals surface area contributed by atoms with Gasteiger partial charge in [0.15, 0.2) is 11.4 Å². The highest BCUT2D eigenvalue weighted by Crippen LogP contribution is 2.20.